The molecule has 0 spiro atoms. The third-order valence-electron chi connectivity index (χ3n) is 3.86. The lowest BCUT2D eigenvalue weighted by molar-refractivity contribution is 0.203. The van der Waals surface area contributed by atoms with E-state index in [1.807, 2.05) is 0 Å². The summed E-state index contributed by atoms with van der Waals surface area (Å²) >= 11 is 0. The predicted molar refractivity (Wildman–Crippen MR) is 65.1 cm³/mol. The lowest BCUT2D eigenvalue weighted by atomic mass is 10.1. The molecular weight excluding hydrogens is 184 g/mol. The molecule has 2 nitrogen and oxygen atoms in total. The van der Waals surface area contributed by atoms with Crippen molar-refractivity contribution in [3.63, 3.8) is 0 Å². The van der Waals surface area contributed by atoms with Gasteiger partial charge in [-0.25, -0.2) is 0 Å². The van der Waals surface area contributed by atoms with Gasteiger partial charge in [-0.3, -0.25) is 0 Å². The summed E-state index contributed by atoms with van der Waals surface area (Å²) in [5.74, 6) is 0.980. The Morgan fingerprint density at radius 2 is 1.80 bits per heavy atom. The molecule has 2 heteroatoms. The number of nitrogens with zero attached hydrogens (tertiary/aromatic N) is 1. The molecule has 1 aliphatic heterocycles. The van der Waals surface area contributed by atoms with Crippen LogP contribution < -0.4 is 5.32 Å². The van der Waals surface area contributed by atoms with Gasteiger partial charge < -0.3 is 10.2 Å². The van der Waals surface area contributed by atoms with Gasteiger partial charge in [0.1, 0.15) is 0 Å². The van der Waals surface area contributed by atoms with E-state index in [1.165, 1.54) is 51.7 Å². The largest absolute Gasteiger partial charge is 0.310 e. The number of hydrogen-bond donors (Lipinski definition) is 1. The summed E-state index contributed by atoms with van der Waals surface area (Å²) in [4.78, 5) is 2.63. The Balaban J connectivity index is 1.63. The highest BCUT2D eigenvalue weighted by Crippen LogP contribution is 2.32. The van der Waals surface area contributed by atoms with E-state index in [9.17, 15) is 0 Å². The molecule has 2 unspecified atom stereocenters. The van der Waals surface area contributed by atoms with Crippen LogP contribution in [0.1, 0.15) is 46.0 Å². The summed E-state index contributed by atoms with van der Waals surface area (Å²) in [6.07, 6.45) is 7.15. The molecule has 2 rings (SSSR count). The fraction of sp³-hybridized carbons (Fsp3) is 1.00. The quantitative estimate of drug-likeness (QED) is 0.749. The van der Waals surface area contributed by atoms with E-state index in [1.54, 1.807) is 0 Å². The molecule has 1 heterocycles. The number of likely N-dealkylation sites (tertiary alicyclic amines) is 1. The molecule has 1 saturated heterocycles. The van der Waals surface area contributed by atoms with Crippen LogP contribution in [0.5, 0.6) is 0 Å². The molecule has 2 fully saturated rings. The van der Waals surface area contributed by atoms with Gasteiger partial charge in [-0.05, 0) is 58.5 Å². The molecule has 0 amide bonds. The van der Waals surface area contributed by atoms with Gasteiger partial charge in [0.25, 0.3) is 0 Å². The Morgan fingerprint density at radius 3 is 2.40 bits per heavy atom. The van der Waals surface area contributed by atoms with E-state index < -0.39 is 0 Å². The average molecular weight is 210 g/mol. The molecule has 0 radical (unpaired) electrons. The molecular formula is C13H26N2. The first-order valence-electron chi connectivity index (χ1n) is 6.74. The maximum atomic E-state index is 3.75. The Labute approximate surface area is 94.4 Å². The molecule has 2 atom stereocenters. The summed E-state index contributed by atoms with van der Waals surface area (Å²) in [6.45, 7) is 8.59. The Bertz CT molecular complexity index is 183. The summed E-state index contributed by atoms with van der Waals surface area (Å²) in [5, 5.41) is 3.75. The first-order chi connectivity index (χ1) is 7.25. The van der Waals surface area contributed by atoms with Gasteiger partial charge in [-0.15, -0.1) is 0 Å². The molecule has 0 aromatic rings. The van der Waals surface area contributed by atoms with Crippen LogP contribution in [-0.2, 0) is 0 Å². The van der Waals surface area contributed by atoms with Crippen LogP contribution in [0.2, 0.25) is 0 Å². The lowest BCUT2D eigenvalue weighted by Crippen LogP contribution is -2.45. The summed E-state index contributed by atoms with van der Waals surface area (Å²) in [6, 6.07) is 1.41. The second-order valence-corrected chi connectivity index (χ2v) is 5.56. The number of nitrogens with one attached hydrogen (secondary N) is 1. The summed E-state index contributed by atoms with van der Waals surface area (Å²) in [7, 11) is 0. The van der Waals surface area contributed by atoms with Gasteiger partial charge in [-0.2, -0.15) is 0 Å². The normalized spacial score (nSPS) is 27.6. The third-order valence-corrected chi connectivity index (χ3v) is 3.86. The van der Waals surface area contributed by atoms with Crippen LogP contribution in [0.3, 0.4) is 0 Å². The van der Waals surface area contributed by atoms with Crippen LogP contribution in [0.25, 0.3) is 0 Å². The highest BCUT2D eigenvalue weighted by molar-refractivity contribution is 4.85. The summed E-state index contributed by atoms with van der Waals surface area (Å²) < 4.78 is 0. The van der Waals surface area contributed by atoms with Crippen molar-refractivity contribution < 1.29 is 0 Å². The Hall–Kier alpha value is -0.0800. The average Bonchev–Trinajstić information content (AvgIpc) is 3.01. The van der Waals surface area contributed by atoms with Gasteiger partial charge in [0.2, 0.25) is 0 Å². The fourth-order valence-corrected chi connectivity index (χ4v) is 2.76. The minimum atomic E-state index is 0.665. The van der Waals surface area contributed by atoms with Crippen molar-refractivity contribution in [3.05, 3.63) is 0 Å². The molecule has 15 heavy (non-hydrogen) atoms. The predicted octanol–water partition coefficient (Wildman–Crippen LogP) is 2.25. The van der Waals surface area contributed by atoms with Gasteiger partial charge in [0.05, 0.1) is 0 Å². The molecule has 0 aromatic carbocycles. The van der Waals surface area contributed by atoms with Crippen molar-refractivity contribution in [3.8, 4) is 0 Å². The number of rotatable bonds is 5. The monoisotopic (exact) mass is 210 g/mol. The van der Waals surface area contributed by atoms with E-state index in [0.717, 1.165) is 12.0 Å². The zero-order chi connectivity index (χ0) is 10.7. The maximum absolute atomic E-state index is 3.75. The molecule has 1 aliphatic carbocycles. The van der Waals surface area contributed by atoms with Crippen molar-refractivity contribution in [1.82, 2.24) is 10.2 Å². The first-order valence-corrected chi connectivity index (χ1v) is 6.74. The first kappa shape index (κ1) is 11.4. The van der Waals surface area contributed by atoms with Gasteiger partial charge in [0.15, 0.2) is 0 Å². The standard InChI is InChI=1S/C13H26N2/c1-11(14-12(2)13-6-7-13)10-15-8-4-3-5-9-15/h11-14H,3-10H2,1-2H3. The van der Waals surface area contributed by atoms with E-state index in [-0.39, 0.29) is 0 Å². The van der Waals surface area contributed by atoms with Crippen molar-refractivity contribution >= 4 is 0 Å². The third kappa shape index (κ3) is 3.76. The van der Waals surface area contributed by atoms with Gasteiger partial charge in [-0.1, -0.05) is 6.42 Å². The molecule has 0 bridgehead atoms. The van der Waals surface area contributed by atoms with E-state index >= 15 is 0 Å². The van der Waals surface area contributed by atoms with E-state index in [0.29, 0.717) is 6.04 Å². The van der Waals surface area contributed by atoms with Gasteiger partial charge in [0, 0.05) is 18.6 Å². The molecule has 2 aliphatic rings. The van der Waals surface area contributed by atoms with Crippen LogP contribution in [0.15, 0.2) is 0 Å². The Kier molecular flexibility index (Phi) is 4.04. The maximum Gasteiger partial charge on any atom is 0.0169 e. The zero-order valence-electron chi connectivity index (χ0n) is 10.3. The molecule has 1 N–H and O–H groups in total. The SMILES string of the molecule is CC(CN1CCCCC1)NC(C)C1CC1. The van der Waals surface area contributed by atoms with E-state index in [4.69, 9.17) is 0 Å². The van der Waals surface area contributed by atoms with Crippen molar-refractivity contribution in [2.24, 2.45) is 5.92 Å². The van der Waals surface area contributed by atoms with Crippen molar-refractivity contribution in [1.29, 1.82) is 0 Å². The number of hydrogen-bond acceptors (Lipinski definition) is 2. The van der Waals surface area contributed by atoms with Crippen LogP contribution >= 0.6 is 0 Å². The fourth-order valence-electron chi connectivity index (χ4n) is 2.76. The lowest BCUT2D eigenvalue weighted by Gasteiger charge is -2.30. The summed E-state index contributed by atoms with van der Waals surface area (Å²) in [5.41, 5.74) is 0. The van der Waals surface area contributed by atoms with Gasteiger partial charge >= 0.3 is 0 Å². The van der Waals surface area contributed by atoms with Crippen LogP contribution in [0.4, 0.5) is 0 Å². The topological polar surface area (TPSA) is 15.3 Å². The highest BCUT2D eigenvalue weighted by atomic mass is 15.2. The second kappa shape index (κ2) is 5.31. The molecule has 1 saturated carbocycles. The molecule has 88 valence electrons. The van der Waals surface area contributed by atoms with Crippen LogP contribution in [-0.4, -0.2) is 36.6 Å². The second-order valence-electron chi connectivity index (χ2n) is 5.56. The number of piperidine rings is 1. The minimum absolute atomic E-state index is 0.665. The van der Waals surface area contributed by atoms with Crippen molar-refractivity contribution in [2.45, 2.75) is 58.0 Å². The van der Waals surface area contributed by atoms with Crippen LogP contribution in [0, 0.1) is 5.92 Å². The smallest absolute Gasteiger partial charge is 0.0169 e. The zero-order valence-corrected chi connectivity index (χ0v) is 10.3. The van der Waals surface area contributed by atoms with E-state index in [2.05, 4.69) is 24.1 Å². The minimum Gasteiger partial charge on any atom is -0.310 e. The Morgan fingerprint density at radius 1 is 1.13 bits per heavy atom. The van der Waals surface area contributed by atoms with Crippen molar-refractivity contribution in [2.75, 3.05) is 19.6 Å². The highest BCUT2D eigenvalue weighted by Gasteiger charge is 2.28. The molecule has 0 aromatic heterocycles.